The molecule has 1 aliphatic rings. The van der Waals surface area contributed by atoms with Gasteiger partial charge < -0.3 is 14.8 Å². The highest BCUT2D eigenvalue weighted by Gasteiger charge is 2.35. The molecule has 2 N–H and O–H groups in total. The summed E-state index contributed by atoms with van der Waals surface area (Å²) in [7, 11) is 0. The van der Waals surface area contributed by atoms with Crippen molar-refractivity contribution < 1.29 is 22.7 Å². The van der Waals surface area contributed by atoms with Gasteiger partial charge >= 0.3 is 6.18 Å². The number of rotatable bonds is 4. The number of alkyl halides is 3. The lowest BCUT2D eigenvalue weighted by atomic mass is 9.92. The lowest BCUT2D eigenvalue weighted by molar-refractivity contribution is -0.136. The second kappa shape index (κ2) is 6.96. The maximum absolute atomic E-state index is 13.4. The number of nitrogens with one attached hydrogen (secondary N) is 1. The number of nitrogens with zero attached hydrogens (tertiary/aromatic N) is 1. The van der Waals surface area contributed by atoms with Gasteiger partial charge in [-0.3, -0.25) is 0 Å². The van der Waals surface area contributed by atoms with Crippen LogP contribution in [0.25, 0.3) is 11.1 Å². The van der Waals surface area contributed by atoms with Crippen LogP contribution in [0.15, 0.2) is 16.5 Å². The maximum atomic E-state index is 13.4. The summed E-state index contributed by atoms with van der Waals surface area (Å²) in [6.45, 7) is 3.90. The summed E-state index contributed by atoms with van der Waals surface area (Å²) < 4.78 is 45.6. The molecular formula is C18H23F3N2O2. The van der Waals surface area contributed by atoms with Crippen LogP contribution in [0.4, 0.5) is 13.2 Å². The maximum Gasteiger partial charge on any atom is 0.420 e. The van der Waals surface area contributed by atoms with E-state index in [2.05, 4.69) is 10.3 Å². The van der Waals surface area contributed by atoms with Crippen molar-refractivity contribution in [2.75, 3.05) is 0 Å². The van der Waals surface area contributed by atoms with Crippen LogP contribution in [-0.2, 0) is 12.7 Å². The van der Waals surface area contributed by atoms with E-state index in [-0.39, 0.29) is 29.6 Å². The minimum absolute atomic E-state index is 0.0812. The molecule has 1 saturated carbocycles. The average molecular weight is 356 g/mol. The number of hydrogen-bond donors (Lipinski definition) is 2. The quantitative estimate of drug-likeness (QED) is 0.854. The number of hydrogen-bond acceptors (Lipinski definition) is 4. The largest absolute Gasteiger partial charge is 0.440 e. The summed E-state index contributed by atoms with van der Waals surface area (Å²) >= 11 is 0. The van der Waals surface area contributed by atoms with Gasteiger partial charge in [-0.05, 0) is 30.5 Å². The van der Waals surface area contributed by atoms with Crippen molar-refractivity contribution in [3.63, 3.8) is 0 Å². The van der Waals surface area contributed by atoms with Crippen LogP contribution in [-0.4, -0.2) is 22.2 Å². The van der Waals surface area contributed by atoms with Crippen molar-refractivity contribution in [3.8, 4) is 0 Å². The fourth-order valence-corrected chi connectivity index (χ4v) is 3.27. The van der Waals surface area contributed by atoms with E-state index in [9.17, 15) is 18.3 Å². The van der Waals surface area contributed by atoms with Crippen LogP contribution in [0.5, 0.6) is 0 Å². The lowest BCUT2D eigenvalue weighted by Gasteiger charge is -2.28. The predicted molar refractivity (Wildman–Crippen MR) is 88.2 cm³/mol. The van der Waals surface area contributed by atoms with Gasteiger partial charge in [-0.1, -0.05) is 26.7 Å². The van der Waals surface area contributed by atoms with Crippen LogP contribution >= 0.6 is 0 Å². The van der Waals surface area contributed by atoms with Crippen LogP contribution in [0.3, 0.4) is 0 Å². The topological polar surface area (TPSA) is 58.3 Å². The van der Waals surface area contributed by atoms with Gasteiger partial charge in [0.05, 0.1) is 6.10 Å². The van der Waals surface area contributed by atoms with E-state index >= 15 is 0 Å². The van der Waals surface area contributed by atoms with E-state index in [1.165, 1.54) is 0 Å². The molecule has 0 unspecified atom stereocenters. The second-order valence-electron chi connectivity index (χ2n) is 7.04. The lowest BCUT2D eigenvalue weighted by Crippen LogP contribution is -2.41. The first kappa shape index (κ1) is 18.2. The second-order valence-corrected chi connectivity index (χ2v) is 7.04. The Bertz CT molecular complexity index is 740. The number of aromatic nitrogens is 1. The minimum Gasteiger partial charge on any atom is -0.440 e. The number of benzene rings is 1. The standard InChI is InChI=1S/C18H23F3N2O2/c1-10(2)17-23-14-8-11(7-12(16(14)25-17)18(19,20)21)9-22-13-5-3-4-6-15(13)24/h7-8,10,13,15,22,24H,3-6,9H2,1-2H3/t13-,15+/m1/s1. The van der Waals surface area contributed by atoms with Gasteiger partial charge in [-0.2, -0.15) is 13.2 Å². The van der Waals surface area contributed by atoms with E-state index < -0.39 is 17.8 Å². The molecule has 2 aromatic rings. The zero-order valence-corrected chi connectivity index (χ0v) is 14.4. The van der Waals surface area contributed by atoms with E-state index in [0.717, 1.165) is 31.7 Å². The molecule has 0 bridgehead atoms. The third kappa shape index (κ3) is 3.98. The highest BCUT2D eigenvalue weighted by atomic mass is 19.4. The number of fused-ring (bicyclic) bond motifs is 1. The molecule has 0 saturated heterocycles. The van der Waals surface area contributed by atoms with Crippen molar-refractivity contribution in [2.45, 2.75) is 70.3 Å². The van der Waals surface area contributed by atoms with Crippen molar-refractivity contribution in [1.29, 1.82) is 0 Å². The molecule has 1 aromatic carbocycles. The molecule has 25 heavy (non-hydrogen) atoms. The Morgan fingerprint density at radius 3 is 2.64 bits per heavy atom. The minimum atomic E-state index is -4.51. The van der Waals surface area contributed by atoms with Crippen molar-refractivity contribution in [1.82, 2.24) is 10.3 Å². The highest BCUT2D eigenvalue weighted by molar-refractivity contribution is 5.78. The van der Waals surface area contributed by atoms with E-state index in [1.807, 2.05) is 13.8 Å². The molecule has 7 heteroatoms. The van der Waals surface area contributed by atoms with Gasteiger partial charge in [0.25, 0.3) is 0 Å². The molecule has 1 aliphatic carbocycles. The smallest absolute Gasteiger partial charge is 0.420 e. The Kier molecular flexibility index (Phi) is 5.06. The summed E-state index contributed by atoms with van der Waals surface area (Å²) in [5, 5.41) is 13.2. The van der Waals surface area contributed by atoms with Crippen LogP contribution in [0.2, 0.25) is 0 Å². The third-order valence-corrected chi connectivity index (χ3v) is 4.66. The molecule has 1 fully saturated rings. The van der Waals surface area contributed by atoms with Gasteiger partial charge in [0.15, 0.2) is 11.5 Å². The van der Waals surface area contributed by atoms with E-state index in [4.69, 9.17) is 4.42 Å². The van der Waals surface area contributed by atoms with Crippen LogP contribution in [0.1, 0.15) is 62.5 Å². The fourth-order valence-electron chi connectivity index (χ4n) is 3.27. The number of oxazole rings is 1. The van der Waals surface area contributed by atoms with Gasteiger partial charge in [0.1, 0.15) is 11.1 Å². The first-order valence-electron chi connectivity index (χ1n) is 8.67. The molecule has 138 valence electrons. The van der Waals surface area contributed by atoms with Gasteiger partial charge in [-0.25, -0.2) is 4.98 Å². The molecule has 1 heterocycles. The molecule has 1 aromatic heterocycles. The molecule has 2 atom stereocenters. The van der Waals surface area contributed by atoms with Gasteiger partial charge in [0, 0.05) is 18.5 Å². The van der Waals surface area contributed by atoms with Gasteiger partial charge in [-0.15, -0.1) is 0 Å². The molecule has 0 aliphatic heterocycles. The normalized spacial score (nSPS) is 22.0. The molecule has 0 amide bonds. The number of aliphatic hydroxyl groups excluding tert-OH is 1. The molecule has 4 nitrogen and oxygen atoms in total. The molecule has 3 rings (SSSR count). The summed E-state index contributed by atoms with van der Waals surface area (Å²) in [5.41, 5.74) is -0.302. The zero-order chi connectivity index (χ0) is 18.2. The van der Waals surface area contributed by atoms with Crippen molar-refractivity contribution >= 4 is 11.1 Å². The van der Waals surface area contributed by atoms with Crippen molar-refractivity contribution in [3.05, 3.63) is 29.2 Å². The van der Waals surface area contributed by atoms with Gasteiger partial charge in [0.2, 0.25) is 0 Å². The fraction of sp³-hybridized carbons (Fsp3) is 0.611. The van der Waals surface area contributed by atoms with Crippen LogP contribution < -0.4 is 5.32 Å². The Morgan fingerprint density at radius 2 is 2.00 bits per heavy atom. The van der Waals surface area contributed by atoms with E-state index in [1.54, 1.807) is 6.07 Å². The summed E-state index contributed by atoms with van der Waals surface area (Å²) in [6, 6.07) is 2.66. The Hall–Kier alpha value is -1.60. The molecule has 0 spiro atoms. The number of halogens is 3. The summed E-state index contributed by atoms with van der Waals surface area (Å²) in [4.78, 5) is 4.21. The monoisotopic (exact) mass is 356 g/mol. The summed E-state index contributed by atoms with van der Waals surface area (Å²) in [5.74, 6) is 0.209. The summed E-state index contributed by atoms with van der Waals surface area (Å²) in [6.07, 6.45) is -1.39. The first-order chi connectivity index (χ1) is 11.8. The highest BCUT2D eigenvalue weighted by Crippen LogP contribution is 2.37. The predicted octanol–water partition coefficient (Wildman–Crippen LogP) is 4.36. The molecular weight excluding hydrogens is 333 g/mol. The average Bonchev–Trinajstić information content (AvgIpc) is 2.96. The Labute approximate surface area is 144 Å². The Morgan fingerprint density at radius 1 is 1.28 bits per heavy atom. The van der Waals surface area contributed by atoms with Crippen molar-refractivity contribution in [2.24, 2.45) is 0 Å². The van der Waals surface area contributed by atoms with Crippen LogP contribution in [0, 0.1) is 0 Å². The Balaban J connectivity index is 1.90. The van der Waals surface area contributed by atoms with E-state index in [0.29, 0.717) is 11.5 Å². The first-order valence-corrected chi connectivity index (χ1v) is 8.67. The zero-order valence-electron chi connectivity index (χ0n) is 14.4. The third-order valence-electron chi connectivity index (χ3n) is 4.66. The molecule has 0 radical (unpaired) electrons. The SMILES string of the molecule is CC(C)c1nc2cc(CN[C@@H]3CCCC[C@@H]3O)cc(C(F)(F)F)c2o1. The number of aliphatic hydroxyl groups is 1.